The largest absolute Gasteiger partial charge is 0.446 e. The number of allylic oxidation sites excluding steroid dienone is 1. The van der Waals surface area contributed by atoms with Crippen LogP contribution >= 0.6 is 7.60 Å². The van der Waals surface area contributed by atoms with Crippen molar-refractivity contribution in [1.82, 2.24) is 5.32 Å². The first kappa shape index (κ1) is 39.8. The standard InChI is InChI=1S/C38H68NO8P/c1-28(2)9-7-10-29(3)33-13-14-34-32-12-11-30-27-31(15-17-37(30,4)35(32)16-18-38(33,34)5)47-36(40)39-19-8-20-43-21-22-44-23-24-45-25-26-46-48(6,41)42/h11,28-29,31-35H,7-10,12-27H2,1-6H3,(H,39,40)(H,41,42)/t29-,31+,32+,33-,34+,35+,37+,38-/m1/s1. The van der Waals surface area contributed by atoms with E-state index in [1.54, 1.807) is 5.57 Å². The van der Waals surface area contributed by atoms with Crippen LogP contribution in [0.15, 0.2) is 11.6 Å². The topological polar surface area (TPSA) is 113 Å². The van der Waals surface area contributed by atoms with E-state index in [9.17, 15) is 9.36 Å². The van der Waals surface area contributed by atoms with Gasteiger partial charge < -0.3 is 33.7 Å². The zero-order chi connectivity index (χ0) is 34.8. The average molecular weight is 698 g/mol. The first-order chi connectivity index (χ1) is 22.8. The Kier molecular flexibility index (Phi) is 15.4. The van der Waals surface area contributed by atoms with E-state index in [4.69, 9.17) is 28.4 Å². The maximum atomic E-state index is 12.6. The monoisotopic (exact) mass is 697 g/mol. The Labute approximate surface area is 291 Å². The number of ether oxygens (including phenoxy) is 4. The van der Waals surface area contributed by atoms with E-state index in [0.29, 0.717) is 51.4 Å². The van der Waals surface area contributed by atoms with Crippen molar-refractivity contribution < 1.29 is 37.7 Å². The molecule has 0 radical (unpaired) electrons. The van der Waals surface area contributed by atoms with Gasteiger partial charge >= 0.3 is 13.7 Å². The highest BCUT2D eigenvalue weighted by Gasteiger charge is 2.59. The number of nitrogens with one attached hydrogen (secondary N) is 1. The van der Waals surface area contributed by atoms with Crippen LogP contribution in [0.3, 0.4) is 0 Å². The van der Waals surface area contributed by atoms with Gasteiger partial charge in [0.15, 0.2) is 0 Å². The summed E-state index contributed by atoms with van der Waals surface area (Å²) in [6.45, 7) is 16.7. The Morgan fingerprint density at radius 3 is 2.29 bits per heavy atom. The third-order valence-electron chi connectivity index (χ3n) is 12.6. The number of carbonyl (C=O) groups excluding carboxylic acids is 1. The van der Waals surface area contributed by atoms with Crippen LogP contribution in [-0.4, -0.2) is 76.5 Å². The molecule has 0 heterocycles. The number of fused-ring (bicyclic) bond motifs is 5. The van der Waals surface area contributed by atoms with Crippen LogP contribution in [0.5, 0.6) is 0 Å². The Bertz CT molecular complexity index is 1080. The average Bonchev–Trinajstić information content (AvgIpc) is 3.38. The van der Waals surface area contributed by atoms with Gasteiger partial charge in [0.1, 0.15) is 6.10 Å². The first-order valence-corrected chi connectivity index (χ1v) is 21.2. The van der Waals surface area contributed by atoms with Crippen LogP contribution in [0.2, 0.25) is 0 Å². The molecule has 0 spiro atoms. The molecule has 9 nitrogen and oxygen atoms in total. The summed E-state index contributed by atoms with van der Waals surface area (Å²) in [4.78, 5) is 21.6. The first-order valence-electron chi connectivity index (χ1n) is 19.2. The number of hydrogen-bond acceptors (Lipinski definition) is 7. The molecule has 278 valence electrons. The molecule has 4 rings (SSSR count). The minimum Gasteiger partial charge on any atom is -0.446 e. The number of amides is 1. The van der Waals surface area contributed by atoms with Gasteiger partial charge in [-0.2, -0.15) is 0 Å². The van der Waals surface area contributed by atoms with Gasteiger partial charge in [-0.1, -0.05) is 65.5 Å². The summed E-state index contributed by atoms with van der Waals surface area (Å²) >= 11 is 0. The van der Waals surface area contributed by atoms with Gasteiger partial charge in [-0.25, -0.2) is 4.79 Å². The molecule has 0 bridgehead atoms. The maximum Gasteiger partial charge on any atom is 0.407 e. The molecular formula is C38H68NO8P. The SMILES string of the molecule is CC(C)CCC[C@@H](C)[C@H]1CC[C@H]2[C@@H]3CC=C4C[C@@H](OC(=O)NCCCOCCOCCOCCOP(C)(=O)O)CC[C@]4(C)[C@H]3CC[C@]12C. The van der Waals surface area contributed by atoms with Crippen LogP contribution in [-0.2, 0) is 28.0 Å². The number of carbonyl (C=O) groups is 1. The summed E-state index contributed by atoms with van der Waals surface area (Å²) in [5.74, 6) is 5.00. The molecule has 0 aromatic rings. The van der Waals surface area contributed by atoms with E-state index >= 15 is 0 Å². The molecule has 3 saturated carbocycles. The molecule has 10 heteroatoms. The lowest BCUT2D eigenvalue weighted by Crippen LogP contribution is -2.51. The molecule has 0 saturated heterocycles. The summed E-state index contributed by atoms with van der Waals surface area (Å²) in [5, 5.41) is 2.91. The molecule has 4 aliphatic rings. The van der Waals surface area contributed by atoms with Crippen LogP contribution < -0.4 is 5.32 Å². The van der Waals surface area contributed by atoms with Gasteiger partial charge in [-0.05, 0) is 97.7 Å². The van der Waals surface area contributed by atoms with Gasteiger partial charge in [0.05, 0.1) is 39.6 Å². The van der Waals surface area contributed by atoms with Gasteiger partial charge in [-0.15, -0.1) is 0 Å². The van der Waals surface area contributed by atoms with Crippen molar-refractivity contribution in [2.24, 2.45) is 46.3 Å². The number of hydrogen-bond donors (Lipinski definition) is 2. The molecule has 3 fully saturated rings. The fourth-order valence-corrected chi connectivity index (χ4v) is 10.5. The highest BCUT2D eigenvalue weighted by atomic mass is 31.2. The van der Waals surface area contributed by atoms with Crippen molar-refractivity contribution >= 4 is 13.7 Å². The molecule has 9 atom stereocenters. The van der Waals surface area contributed by atoms with Crippen molar-refractivity contribution in [2.45, 2.75) is 118 Å². The van der Waals surface area contributed by atoms with Crippen molar-refractivity contribution in [3.63, 3.8) is 0 Å². The zero-order valence-corrected chi connectivity index (χ0v) is 31.9. The van der Waals surface area contributed by atoms with Crippen LogP contribution in [0.4, 0.5) is 4.79 Å². The fraction of sp³-hybridized carbons (Fsp3) is 0.921. The lowest BCUT2D eigenvalue weighted by atomic mass is 9.47. The van der Waals surface area contributed by atoms with E-state index in [-0.39, 0.29) is 30.8 Å². The normalized spacial score (nSPS) is 33.2. The highest BCUT2D eigenvalue weighted by Crippen LogP contribution is 2.67. The molecule has 0 aliphatic heterocycles. The van der Waals surface area contributed by atoms with E-state index < -0.39 is 7.60 Å². The Morgan fingerprint density at radius 1 is 0.917 bits per heavy atom. The molecule has 0 aromatic heterocycles. The molecule has 1 amide bonds. The predicted octanol–water partition coefficient (Wildman–Crippen LogP) is 8.39. The second-order valence-electron chi connectivity index (χ2n) is 16.3. The molecule has 1 unspecified atom stereocenters. The Hall–Kier alpha value is -0.960. The summed E-state index contributed by atoms with van der Waals surface area (Å²) in [6.07, 6.45) is 16.9. The fourth-order valence-electron chi connectivity index (χ4n) is 10.1. The van der Waals surface area contributed by atoms with Crippen molar-refractivity contribution in [3.05, 3.63) is 11.6 Å². The molecule has 0 aromatic carbocycles. The van der Waals surface area contributed by atoms with Crippen LogP contribution in [0.25, 0.3) is 0 Å². The van der Waals surface area contributed by atoms with Gasteiger partial charge in [0.2, 0.25) is 0 Å². The lowest BCUT2D eigenvalue weighted by Gasteiger charge is -2.58. The highest BCUT2D eigenvalue weighted by molar-refractivity contribution is 7.51. The van der Waals surface area contributed by atoms with Crippen LogP contribution in [0, 0.1) is 46.3 Å². The smallest absolute Gasteiger partial charge is 0.407 e. The molecule has 48 heavy (non-hydrogen) atoms. The van der Waals surface area contributed by atoms with Gasteiger partial charge in [0, 0.05) is 26.2 Å². The summed E-state index contributed by atoms with van der Waals surface area (Å²) in [6, 6.07) is 0. The predicted molar refractivity (Wildman–Crippen MR) is 190 cm³/mol. The summed E-state index contributed by atoms with van der Waals surface area (Å²) in [7, 11) is -3.45. The molecular weight excluding hydrogens is 629 g/mol. The van der Waals surface area contributed by atoms with E-state index in [2.05, 4.69) is 46.0 Å². The molecule has 4 aliphatic carbocycles. The van der Waals surface area contributed by atoms with Gasteiger partial charge in [0.25, 0.3) is 0 Å². The lowest BCUT2D eigenvalue weighted by molar-refractivity contribution is -0.0581. The van der Waals surface area contributed by atoms with Crippen LogP contribution in [0.1, 0.15) is 112 Å². The third kappa shape index (κ3) is 11.0. The molecule has 2 N–H and O–H groups in total. The van der Waals surface area contributed by atoms with E-state index in [0.717, 1.165) is 61.4 Å². The zero-order valence-electron chi connectivity index (χ0n) is 31.0. The number of rotatable bonds is 20. The van der Waals surface area contributed by atoms with E-state index in [1.165, 1.54) is 51.4 Å². The Balaban J connectivity index is 1.10. The number of alkyl carbamates (subject to hydrolysis) is 1. The Morgan fingerprint density at radius 2 is 1.60 bits per heavy atom. The van der Waals surface area contributed by atoms with Gasteiger partial charge in [-0.3, -0.25) is 4.57 Å². The third-order valence-corrected chi connectivity index (χ3v) is 13.2. The van der Waals surface area contributed by atoms with Crippen molar-refractivity contribution in [1.29, 1.82) is 0 Å². The quantitative estimate of drug-likeness (QED) is 0.0741. The summed E-state index contributed by atoms with van der Waals surface area (Å²) in [5.41, 5.74) is 2.32. The minimum atomic E-state index is -3.45. The second kappa shape index (κ2) is 18.5. The minimum absolute atomic E-state index is 0.0368. The summed E-state index contributed by atoms with van der Waals surface area (Å²) < 4.78 is 38.0. The van der Waals surface area contributed by atoms with Crippen molar-refractivity contribution in [2.75, 3.05) is 59.5 Å². The second-order valence-corrected chi connectivity index (χ2v) is 18.2. The maximum absolute atomic E-state index is 12.6. The van der Waals surface area contributed by atoms with Crippen molar-refractivity contribution in [3.8, 4) is 0 Å². The van der Waals surface area contributed by atoms with E-state index in [1.807, 2.05) is 0 Å².